The smallest absolute Gasteiger partial charge is 0.333 e. The van der Waals surface area contributed by atoms with Crippen molar-refractivity contribution in [2.75, 3.05) is 11.9 Å². The highest BCUT2D eigenvalue weighted by Gasteiger charge is 2.28. The molecule has 13 heteroatoms. The van der Waals surface area contributed by atoms with Gasteiger partial charge in [-0.3, -0.25) is 13.7 Å². The number of nitrogens with one attached hydrogen (secondary N) is 1. The molecule has 3 heterocycles. The van der Waals surface area contributed by atoms with Crippen LogP contribution in [0.2, 0.25) is 5.02 Å². The molecule has 33 heavy (non-hydrogen) atoms. The van der Waals surface area contributed by atoms with Crippen LogP contribution in [0.15, 0.2) is 31.0 Å². The Balaban J connectivity index is 1.45. The van der Waals surface area contributed by atoms with Gasteiger partial charge in [0.15, 0.2) is 0 Å². The van der Waals surface area contributed by atoms with E-state index in [0.29, 0.717) is 34.2 Å². The Morgan fingerprint density at radius 3 is 2.94 bits per heavy atom. The molecule has 1 saturated carbocycles. The van der Waals surface area contributed by atoms with Gasteiger partial charge in [-0.15, -0.1) is 11.3 Å². The van der Waals surface area contributed by atoms with Gasteiger partial charge in [0.05, 0.1) is 34.8 Å². The van der Waals surface area contributed by atoms with Crippen molar-refractivity contribution in [1.29, 1.82) is 0 Å². The van der Waals surface area contributed by atoms with Gasteiger partial charge >= 0.3 is 10.3 Å². The summed E-state index contributed by atoms with van der Waals surface area (Å²) in [6.07, 6.45) is 8.47. The Kier molecular flexibility index (Phi) is 7.10. The SMILES string of the molecule is Cc1sc(C(=O)c2cncnc2NC2CC[C@@H](COS(N)(=O)=O)C2)cc1Cn1cc(Cl)cn1. The van der Waals surface area contributed by atoms with Gasteiger partial charge in [-0.2, -0.15) is 13.5 Å². The molecule has 1 aliphatic rings. The number of aromatic nitrogens is 4. The van der Waals surface area contributed by atoms with E-state index in [4.69, 9.17) is 20.9 Å². The second-order valence-electron chi connectivity index (χ2n) is 7.96. The Bertz CT molecular complexity index is 1260. The van der Waals surface area contributed by atoms with Gasteiger partial charge in [-0.05, 0) is 43.7 Å². The highest BCUT2D eigenvalue weighted by molar-refractivity contribution is 7.84. The summed E-state index contributed by atoms with van der Waals surface area (Å²) in [5.41, 5.74) is 1.37. The minimum Gasteiger partial charge on any atom is -0.367 e. The molecule has 1 aliphatic carbocycles. The molecule has 0 radical (unpaired) electrons. The minimum atomic E-state index is -3.95. The molecule has 3 N–H and O–H groups in total. The van der Waals surface area contributed by atoms with Crippen molar-refractivity contribution in [3.05, 3.63) is 56.9 Å². The van der Waals surface area contributed by atoms with E-state index in [9.17, 15) is 13.2 Å². The fraction of sp³-hybridized carbons (Fsp3) is 0.400. The van der Waals surface area contributed by atoms with Crippen molar-refractivity contribution in [3.8, 4) is 0 Å². The third-order valence-electron chi connectivity index (χ3n) is 5.49. The van der Waals surface area contributed by atoms with Gasteiger partial charge in [0, 0.05) is 23.3 Å². The summed E-state index contributed by atoms with van der Waals surface area (Å²) in [5, 5.41) is 13.0. The molecule has 3 aromatic heterocycles. The molecular weight excluding hydrogens is 488 g/mol. The van der Waals surface area contributed by atoms with Gasteiger partial charge in [0.1, 0.15) is 12.1 Å². The third-order valence-corrected chi connectivity index (χ3v) is 7.24. The fourth-order valence-corrected chi connectivity index (χ4v) is 5.40. The maximum absolute atomic E-state index is 13.3. The van der Waals surface area contributed by atoms with Crippen molar-refractivity contribution in [2.45, 2.75) is 38.8 Å². The summed E-state index contributed by atoms with van der Waals surface area (Å²) < 4.78 is 28.5. The Labute approximate surface area is 200 Å². The lowest BCUT2D eigenvalue weighted by Crippen LogP contribution is -2.22. The number of hydrogen-bond donors (Lipinski definition) is 2. The number of nitrogens with zero attached hydrogens (tertiary/aromatic N) is 4. The molecule has 176 valence electrons. The van der Waals surface area contributed by atoms with E-state index >= 15 is 0 Å². The average molecular weight is 511 g/mol. The topological polar surface area (TPSA) is 142 Å². The molecule has 3 aromatic rings. The molecule has 0 spiro atoms. The first-order valence-corrected chi connectivity index (χ1v) is 12.9. The van der Waals surface area contributed by atoms with Crippen LogP contribution in [0, 0.1) is 12.8 Å². The lowest BCUT2D eigenvalue weighted by atomic mass is 10.1. The molecule has 1 unspecified atom stereocenters. The average Bonchev–Trinajstić information content (AvgIpc) is 3.47. The van der Waals surface area contributed by atoms with Crippen LogP contribution in [0.4, 0.5) is 5.82 Å². The summed E-state index contributed by atoms with van der Waals surface area (Å²) in [4.78, 5) is 23.2. The van der Waals surface area contributed by atoms with Gasteiger partial charge < -0.3 is 5.32 Å². The molecule has 0 bridgehead atoms. The molecule has 0 amide bonds. The second kappa shape index (κ2) is 9.85. The quantitative estimate of drug-likeness (QED) is 0.418. The molecule has 0 aliphatic heterocycles. The number of ketones is 1. The van der Waals surface area contributed by atoms with Crippen LogP contribution in [0.25, 0.3) is 0 Å². The zero-order valence-corrected chi connectivity index (χ0v) is 20.2. The number of halogens is 1. The van der Waals surface area contributed by atoms with Gasteiger partial charge in [-0.1, -0.05) is 11.6 Å². The first kappa shape index (κ1) is 23.8. The first-order chi connectivity index (χ1) is 15.7. The van der Waals surface area contributed by atoms with E-state index in [-0.39, 0.29) is 24.3 Å². The standard InChI is InChI=1S/C20H23ClN6O4S2/c1-12-14(8-27-9-15(21)6-25-27)5-18(32-12)19(28)17-7-23-11-24-20(17)26-16-3-2-13(4-16)10-31-33(22,29)30/h5-7,9,11,13,16H,2-4,8,10H2,1H3,(H2,22,29,30)(H,23,24,26)/t13-,16?/m1/s1. The molecule has 2 atom stereocenters. The predicted octanol–water partition coefficient (Wildman–Crippen LogP) is 2.78. The molecule has 1 fully saturated rings. The van der Waals surface area contributed by atoms with Crippen molar-refractivity contribution in [1.82, 2.24) is 19.7 Å². The van der Waals surface area contributed by atoms with E-state index in [0.717, 1.165) is 23.3 Å². The van der Waals surface area contributed by atoms with Crippen molar-refractivity contribution >= 4 is 44.8 Å². The van der Waals surface area contributed by atoms with Crippen molar-refractivity contribution in [2.24, 2.45) is 11.1 Å². The highest BCUT2D eigenvalue weighted by atomic mass is 35.5. The Morgan fingerprint density at radius 1 is 1.39 bits per heavy atom. The molecular formula is C20H23ClN6O4S2. The van der Waals surface area contributed by atoms with Crippen LogP contribution >= 0.6 is 22.9 Å². The summed E-state index contributed by atoms with van der Waals surface area (Å²) in [5.74, 6) is 0.350. The van der Waals surface area contributed by atoms with E-state index < -0.39 is 10.3 Å². The number of anilines is 1. The zero-order chi connectivity index (χ0) is 23.6. The highest BCUT2D eigenvalue weighted by Crippen LogP contribution is 2.31. The lowest BCUT2D eigenvalue weighted by molar-refractivity contribution is 0.104. The Morgan fingerprint density at radius 2 is 2.21 bits per heavy atom. The van der Waals surface area contributed by atoms with E-state index in [1.165, 1.54) is 23.9 Å². The maximum atomic E-state index is 13.3. The van der Waals surface area contributed by atoms with Gasteiger partial charge in [-0.25, -0.2) is 15.1 Å². The van der Waals surface area contributed by atoms with Crippen LogP contribution in [-0.4, -0.2) is 46.6 Å². The number of nitrogens with two attached hydrogens (primary N) is 1. The number of aryl methyl sites for hydroxylation is 1. The molecule has 0 saturated heterocycles. The lowest BCUT2D eigenvalue weighted by Gasteiger charge is -2.15. The van der Waals surface area contributed by atoms with Gasteiger partial charge in [0.25, 0.3) is 0 Å². The summed E-state index contributed by atoms with van der Waals surface area (Å²) in [6, 6.07) is 1.90. The normalized spacial score (nSPS) is 18.5. The third kappa shape index (κ3) is 6.15. The number of thiophene rings is 1. The largest absolute Gasteiger partial charge is 0.367 e. The van der Waals surface area contributed by atoms with Crippen molar-refractivity contribution < 1.29 is 17.4 Å². The summed E-state index contributed by atoms with van der Waals surface area (Å²) in [7, 11) is -3.95. The van der Waals surface area contributed by atoms with E-state index in [1.807, 2.05) is 13.0 Å². The van der Waals surface area contributed by atoms with Crippen LogP contribution in [0.1, 0.15) is 44.9 Å². The first-order valence-electron chi connectivity index (χ1n) is 10.2. The molecule has 0 aromatic carbocycles. The second-order valence-corrected chi connectivity index (χ2v) is 10.9. The monoisotopic (exact) mass is 510 g/mol. The minimum absolute atomic E-state index is 0.0331. The van der Waals surface area contributed by atoms with E-state index in [2.05, 4.69) is 20.4 Å². The molecule has 4 rings (SSSR count). The molecule has 10 nitrogen and oxygen atoms in total. The van der Waals surface area contributed by atoms with Gasteiger partial charge in [0.2, 0.25) is 5.78 Å². The number of hydrogen-bond acceptors (Lipinski definition) is 9. The fourth-order valence-electron chi connectivity index (χ4n) is 3.87. The van der Waals surface area contributed by atoms with Crippen molar-refractivity contribution in [3.63, 3.8) is 0 Å². The van der Waals surface area contributed by atoms with E-state index in [1.54, 1.807) is 17.1 Å². The van der Waals surface area contributed by atoms with Crippen LogP contribution in [0.5, 0.6) is 0 Å². The number of carbonyl (C=O) groups excluding carboxylic acids is 1. The van der Waals surface area contributed by atoms with Crippen LogP contribution in [-0.2, 0) is 21.0 Å². The maximum Gasteiger partial charge on any atom is 0.333 e. The summed E-state index contributed by atoms with van der Waals surface area (Å²) in [6.45, 7) is 2.53. The number of rotatable bonds is 9. The summed E-state index contributed by atoms with van der Waals surface area (Å²) >= 11 is 7.35. The zero-order valence-electron chi connectivity index (χ0n) is 17.8. The number of carbonyl (C=O) groups is 1. The predicted molar refractivity (Wildman–Crippen MR) is 125 cm³/mol. The van der Waals surface area contributed by atoms with Crippen LogP contribution < -0.4 is 10.5 Å². The van der Waals surface area contributed by atoms with Crippen LogP contribution in [0.3, 0.4) is 0 Å². The Hall–Kier alpha value is -2.38.